The maximum atomic E-state index is 11.8. The first kappa shape index (κ1) is 14.1. The van der Waals surface area contributed by atoms with Gasteiger partial charge in [-0.2, -0.15) is 5.10 Å². The van der Waals surface area contributed by atoms with E-state index >= 15 is 0 Å². The highest BCUT2D eigenvalue weighted by molar-refractivity contribution is 9.10. The number of nitrogens with two attached hydrogens (primary N) is 2. The van der Waals surface area contributed by atoms with Crippen molar-refractivity contribution in [1.82, 2.24) is 9.78 Å². The number of nitrogen functional groups attached to an aromatic ring is 1. The molecule has 0 spiro atoms. The van der Waals surface area contributed by atoms with Crippen LogP contribution in [0.3, 0.4) is 0 Å². The molecule has 0 saturated carbocycles. The van der Waals surface area contributed by atoms with Crippen LogP contribution in [-0.2, 0) is 11.3 Å². The van der Waals surface area contributed by atoms with Crippen molar-refractivity contribution in [3.63, 3.8) is 0 Å². The Kier molecular flexibility index (Phi) is 4.04. The molecule has 8 heteroatoms. The average molecular weight is 338 g/mol. The molecule has 0 aliphatic carbocycles. The molecule has 0 bridgehead atoms. The molecule has 1 aromatic carbocycles. The molecule has 2 rings (SSSR count). The van der Waals surface area contributed by atoms with Crippen LogP contribution in [0.15, 0.2) is 34.9 Å². The summed E-state index contributed by atoms with van der Waals surface area (Å²) >= 11 is 3.31. The minimum Gasteiger partial charge on any atom is -0.396 e. The molecule has 1 aromatic heterocycles. The summed E-state index contributed by atoms with van der Waals surface area (Å²) in [5, 5.41) is 6.56. The molecular weight excluding hydrogens is 326 g/mol. The molecule has 7 nitrogen and oxygen atoms in total. The van der Waals surface area contributed by atoms with Gasteiger partial charge in [0.05, 0.1) is 5.69 Å². The van der Waals surface area contributed by atoms with Gasteiger partial charge in [0.2, 0.25) is 5.91 Å². The zero-order valence-corrected chi connectivity index (χ0v) is 11.9. The molecule has 20 heavy (non-hydrogen) atoms. The van der Waals surface area contributed by atoms with Gasteiger partial charge < -0.3 is 16.8 Å². The zero-order valence-electron chi connectivity index (χ0n) is 10.3. The second-order valence-electron chi connectivity index (χ2n) is 4.05. The minimum atomic E-state index is -0.728. The number of aromatic nitrogens is 2. The third kappa shape index (κ3) is 3.35. The highest BCUT2D eigenvalue weighted by Gasteiger charge is 2.13. The van der Waals surface area contributed by atoms with Crippen LogP contribution in [0.1, 0.15) is 10.5 Å². The van der Waals surface area contributed by atoms with Gasteiger partial charge in [-0.3, -0.25) is 14.3 Å². The van der Waals surface area contributed by atoms with Crippen molar-refractivity contribution < 1.29 is 9.59 Å². The van der Waals surface area contributed by atoms with Gasteiger partial charge in [0, 0.05) is 16.4 Å². The number of amides is 2. The minimum absolute atomic E-state index is 0.0414. The standard InChI is InChI=1S/C12H12BrN5O2/c13-7-2-1-3-8(4-7)16-10(19)6-18-5-9(14)11(17-18)12(15)20/h1-5H,6,14H2,(H2,15,20)(H,16,19). The summed E-state index contributed by atoms with van der Waals surface area (Å²) in [5.74, 6) is -1.02. The number of carbonyl (C=O) groups is 2. The number of primary amides is 1. The Morgan fingerprint density at radius 3 is 2.75 bits per heavy atom. The van der Waals surface area contributed by atoms with Crippen LogP contribution in [0.2, 0.25) is 0 Å². The monoisotopic (exact) mass is 337 g/mol. The molecule has 0 aliphatic heterocycles. The summed E-state index contributed by atoms with van der Waals surface area (Å²) in [6, 6.07) is 7.18. The van der Waals surface area contributed by atoms with Gasteiger partial charge >= 0.3 is 0 Å². The first-order valence-corrected chi connectivity index (χ1v) is 6.43. The van der Waals surface area contributed by atoms with Gasteiger partial charge in [0.15, 0.2) is 5.69 Å². The summed E-state index contributed by atoms with van der Waals surface area (Å²) in [4.78, 5) is 22.8. The van der Waals surface area contributed by atoms with Crippen molar-refractivity contribution in [2.75, 3.05) is 11.1 Å². The zero-order chi connectivity index (χ0) is 14.7. The van der Waals surface area contributed by atoms with E-state index in [0.29, 0.717) is 5.69 Å². The van der Waals surface area contributed by atoms with Crippen LogP contribution in [0.5, 0.6) is 0 Å². The third-order valence-corrected chi connectivity index (χ3v) is 2.93. The average Bonchev–Trinajstić information content (AvgIpc) is 2.70. The topological polar surface area (TPSA) is 116 Å². The summed E-state index contributed by atoms with van der Waals surface area (Å²) < 4.78 is 2.12. The van der Waals surface area contributed by atoms with E-state index in [1.165, 1.54) is 10.9 Å². The van der Waals surface area contributed by atoms with E-state index in [1.807, 2.05) is 6.07 Å². The lowest BCUT2D eigenvalue weighted by Crippen LogP contribution is -2.20. The molecule has 2 amide bonds. The van der Waals surface area contributed by atoms with E-state index in [-0.39, 0.29) is 23.8 Å². The third-order valence-electron chi connectivity index (χ3n) is 2.44. The predicted molar refractivity (Wildman–Crippen MR) is 77.9 cm³/mol. The Labute approximate surface area is 123 Å². The first-order chi connectivity index (χ1) is 9.45. The molecule has 0 radical (unpaired) electrons. The van der Waals surface area contributed by atoms with Crippen LogP contribution < -0.4 is 16.8 Å². The van der Waals surface area contributed by atoms with E-state index in [0.717, 1.165) is 4.47 Å². The number of anilines is 2. The van der Waals surface area contributed by atoms with Crippen LogP contribution >= 0.6 is 15.9 Å². The maximum Gasteiger partial charge on any atom is 0.271 e. The van der Waals surface area contributed by atoms with Crippen molar-refractivity contribution in [3.8, 4) is 0 Å². The van der Waals surface area contributed by atoms with Crippen molar-refractivity contribution in [2.45, 2.75) is 6.54 Å². The fourth-order valence-corrected chi connectivity index (χ4v) is 2.02. The largest absolute Gasteiger partial charge is 0.396 e. The molecule has 2 aromatic rings. The lowest BCUT2D eigenvalue weighted by atomic mass is 10.3. The quantitative estimate of drug-likeness (QED) is 0.770. The second kappa shape index (κ2) is 5.74. The normalized spacial score (nSPS) is 10.2. The molecule has 0 atom stereocenters. The number of hydrogen-bond donors (Lipinski definition) is 3. The summed E-state index contributed by atoms with van der Waals surface area (Å²) in [5.41, 5.74) is 11.4. The lowest BCUT2D eigenvalue weighted by Gasteiger charge is -2.05. The number of benzene rings is 1. The van der Waals surface area contributed by atoms with Crippen LogP contribution in [-0.4, -0.2) is 21.6 Å². The van der Waals surface area contributed by atoms with E-state index < -0.39 is 5.91 Å². The Hall–Kier alpha value is -2.35. The molecular formula is C12H12BrN5O2. The molecule has 0 saturated heterocycles. The van der Waals surface area contributed by atoms with Crippen LogP contribution in [0, 0.1) is 0 Å². The number of nitrogens with zero attached hydrogens (tertiary/aromatic N) is 2. The molecule has 0 unspecified atom stereocenters. The van der Waals surface area contributed by atoms with Gasteiger partial charge in [0.1, 0.15) is 6.54 Å². The SMILES string of the molecule is NC(=O)c1nn(CC(=O)Nc2cccc(Br)c2)cc1N. The Balaban J connectivity index is 2.05. The summed E-state index contributed by atoms with van der Waals surface area (Å²) in [6.45, 7) is -0.0655. The van der Waals surface area contributed by atoms with E-state index in [4.69, 9.17) is 11.5 Å². The van der Waals surface area contributed by atoms with Crippen molar-refractivity contribution in [2.24, 2.45) is 5.73 Å². The number of carbonyl (C=O) groups excluding carboxylic acids is 2. The maximum absolute atomic E-state index is 11.8. The highest BCUT2D eigenvalue weighted by atomic mass is 79.9. The molecule has 1 heterocycles. The number of nitrogens with one attached hydrogen (secondary N) is 1. The smallest absolute Gasteiger partial charge is 0.271 e. The van der Waals surface area contributed by atoms with Crippen molar-refractivity contribution in [1.29, 1.82) is 0 Å². The van der Waals surface area contributed by atoms with E-state index in [9.17, 15) is 9.59 Å². The van der Waals surface area contributed by atoms with Gasteiger partial charge in [-0.1, -0.05) is 22.0 Å². The Morgan fingerprint density at radius 2 is 2.15 bits per heavy atom. The van der Waals surface area contributed by atoms with Crippen LogP contribution in [0.25, 0.3) is 0 Å². The highest BCUT2D eigenvalue weighted by Crippen LogP contribution is 2.15. The van der Waals surface area contributed by atoms with Gasteiger partial charge in [-0.15, -0.1) is 0 Å². The second-order valence-corrected chi connectivity index (χ2v) is 4.97. The van der Waals surface area contributed by atoms with E-state index in [2.05, 4.69) is 26.3 Å². The fourth-order valence-electron chi connectivity index (χ4n) is 1.62. The molecule has 5 N–H and O–H groups in total. The Morgan fingerprint density at radius 1 is 1.40 bits per heavy atom. The molecule has 0 aliphatic rings. The number of hydrogen-bond acceptors (Lipinski definition) is 4. The van der Waals surface area contributed by atoms with Gasteiger partial charge in [0.25, 0.3) is 5.91 Å². The molecule has 0 fully saturated rings. The van der Waals surface area contributed by atoms with Crippen molar-refractivity contribution >= 4 is 39.1 Å². The lowest BCUT2D eigenvalue weighted by molar-refractivity contribution is -0.116. The summed E-state index contributed by atoms with van der Waals surface area (Å²) in [6.07, 6.45) is 1.39. The Bertz CT molecular complexity index is 668. The van der Waals surface area contributed by atoms with Gasteiger partial charge in [-0.05, 0) is 18.2 Å². The van der Waals surface area contributed by atoms with Crippen LogP contribution in [0.4, 0.5) is 11.4 Å². The summed E-state index contributed by atoms with van der Waals surface area (Å²) in [7, 11) is 0. The van der Waals surface area contributed by atoms with Crippen molar-refractivity contribution in [3.05, 3.63) is 40.6 Å². The predicted octanol–water partition coefficient (Wildman–Crippen LogP) is 0.965. The molecule has 104 valence electrons. The van der Waals surface area contributed by atoms with Gasteiger partial charge in [-0.25, -0.2) is 0 Å². The number of halogens is 1. The number of rotatable bonds is 4. The first-order valence-electron chi connectivity index (χ1n) is 5.64. The van der Waals surface area contributed by atoms with E-state index in [1.54, 1.807) is 18.2 Å². The fraction of sp³-hybridized carbons (Fsp3) is 0.0833.